The van der Waals surface area contributed by atoms with Crippen molar-refractivity contribution in [1.82, 2.24) is 20.4 Å². The van der Waals surface area contributed by atoms with Gasteiger partial charge in [-0.15, -0.1) is 0 Å². The Morgan fingerprint density at radius 1 is 1.21 bits per heavy atom. The lowest BCUT2D eigenvalue weighted by Gasteiger charge is -2.34. The Morgan fingerprint density at radius 3 is 2.65 bits per heavy atom. The molecule has 2 aromatic heterocycles. The molecular weight excluding hydrogens is 458 g/mol. The number of benzene rings is 1. The fraction of sp³-hybridized carbons (Fsp3) is 0.391. The van der Waals surface area contributed by atoms with Gasteiger partial charge in [0.05, 0.1) is 5.69 Å². The van der Waals surface area contributed by atoms with Crippen LogP contribution in [0.4, 0.5) is 5.13 Å². The van der Waals surface area contributed by atoms with Crippen molar-refractivity contribution in [2.45, 2.75) is 52.2 Å². The van der Waals surface area contributed by atoms with Crippen LogP contribution < -0.4 is 10.6 Å². The summed E-state index contributed by atoms with van der Waals surface area (Å²) in [6.07, 6.45) is 2.27. The highest BCUT2D eigenvalue weighted by atomic mass is 32.1. The van der Waals surface area contributed by atoms with Gasteiger partial charge in [0.1, 0.15) is 10.5 Å². The third-order valence-electron chi connectivity index (χ3n) is 5.20. The summed E-state index contributed by atoms with van der Waals surface area (Å²) in [5.41, 5.74) is 1.05. The first kappa shape index (κ1) is 23.6. The smallest absolute Gasteiger partial charge is 0.350 e. The van der Waals surface area contributed by atoms with Gasteiger partial charge in [-0.25, -0.2) is 9.78 Å². The monoisotopic (exact) mass is 483 g/mol. The van der Waals surface area contributed by atoms with Gasteiger partial charge >= 0.3 is 5.97 Å². The highest BCUT2D eigenvalue weighted by Crippen LogP contribution is 2.31. The minimum absolute atomic E-state index is 0.104. The first-order valence-electron chi connectivity index (χ1n) is 10.8. The summed E-state index contributed by atoms with van der Waals surface area (Å²) in [4.78, 5) is 46.2. The van der Waals surface area contributed by atoms with E-state index in [0.717, 1.165) is 11.3 Å². The lowest BCUT2D eigenvalue weighted by Crippen LogP contribution is -2.48. The van der Waals surface area contributed by atoms with Gasteiger partial charge in [-0.2, -0.15) is 4.98 Å². The van der Waals surface area contributed by atoms with Gasteiger partial charge in [0.2, 0.25) is 18.1 Å². The number of carbonyl (C=O) groups excluding carboxylic acids is 3. The second-order valence-corrected chi connectivity index (χ2v) is 10.1. The van der Waals surface area contributed by atoms with Crippen molar-refractivity contribution in [2.75, 3.05) is 5.32 Å². The van der Waals surface area contributed by atoms with E-state index in [2.05, 4.69) is 25.8 Å². The number of amides is 2. The van der Waals surface area contributed by atoms with Gasteiger partial charge < -0.3 is 19.9 Å². The second kappa shape index (κ2) is 9.34. The van der Waals surface area contributed by atoms with Crippen LogP contribution >= 0.6 is 11.3 Å². The van der Waals surface area contributed by atoms with Crippen molar-refractivity contribution in [3.05, 3.63) is 46.8 Å². The topological polar surface area (TPSA) is 136 Å². The fourth-order valence-corrected chi connectivity index (χ4v) is 4.33. The standard InChI is InChI=1S/C23H25N5O5S/c1-12-17(21(31)33-23(2,3)4)34-22(25-12)27-20(30)15-9-16(10-15)26-19(29)14-7-5-6-13(8-14)18-24-11-32-28-18/h5-8,11,15-16H,9-10H2,1-4H3,(H,26,29)(H,25,27,30). The Morgan fingerprint density at radius 2 is 1.97 bits per heavy atom. The zero-order chi connectivity index (χ0) is 24.5. The highest BCUT2D eigenvalue weighted by molar-refractivity contribution is 7.17. The van der Waals surface area contributed by atoms with E-state index in [1.807, 2.05) is 0 Å². The first-order valence-corrected chi connectivity index (χ1v) is 11.6. The van der Waals surface area contributed by atoms with Crippen LogP contribution in [0, 0.1) is 12.8 Å². The molecule has 34 heavy (non-hydrogen) atoms. The van der Waals surface area contributed by atoms with Crippen molar-refractivity contribution in [1.29, 1.82) is 0 Å². The minimum atomic E-state index is -0.614. The van der Waals surface area contributed by atoms with Crippen LogP contribution in [-0.2, 0) is 9.53 Å². The quantitative estimate of drug-likeness (QED) is 0.508. The number of thiazole rings is 1. The lowest BCUT2D eigenvalue weighted by molar-refractivity contribution is -0.122. The van der Waals surface area contributed by atoms with E-state index in [9.17, 15) is 14.4 Å². The minimum Gasteiger partial charge on any atom is -0.456 e. The average molecular weight is 484 g/mol. The molecule has 178 valence electrons. The molecule has 1 saturated carbocycles. The number of aromatic nitrogens is 3. The van der Waals surface area contributed by atoms with Crippen LogP contribution in [0.15, 0.2) is 35.2 Å². The molecule has 1 fully saturated rings. The third-order valence-corrected chi connectivity index (χ3v) is 6.25. The maximum atomic E-state index is 12.6. The number of aryl methyl sites for hydroxylation is 1. The summed E-state index contributed by atoms with van der Waals surface area (Å²) in [5, 5.41) is 9.86. The summed E-state index contributed by atoms with van der Waals surface area (Å²) < 4.78 is 10.1. The Hall–Kier alpha value is -3.60. The van der Waals surface area contributed by atoms with Crippen molar-refractivity contribution in [3.8, 4) is 11.4 Å². The molecule has 0 saturated heterocycles. The maximum absolute atomic E-state index is 12.6. The molecule has 0 atom stereocenters. The predicted molar refractivity (Wildman–Crippen MR) is 124 cm³/mol. The Balaban J connectivity index is 1.28. The van der Waals surface area contributed by atoms with Crippen LogP contribution in [-0.4, -0.2) is 44.6 Å². The molecule has 0 bridgehead atoms. The van der Waals surface area contributed by atoms with Gasteiger partial charge in [0, 0.05) is 23.1 Å². The summed E-state index contributed by atoms with van der Waals surface area (Å²) >= 11 is 1.09. The average Bonchev–Trinajstić information content (AvgIpc) is 3.39. The molecule has 2 amide bonds. The summed E-state index contributed by atoms with van der Waals surface area (Å²) in [5.74, 6) is -0.717. The molecule has 0 aliphatic heterocycles. The molecular formula is C23H25N5O5S. The van der Waals surface area contributed by atoms with Crippen LogP contribution in [0.1, 0.15) is 59.3 Å². The zero-order valence-corrected chi connectivity index (χ0v) is 20.1. The van der Waals surface area contributed by atoms with Gasteiger partial charge in [-0.3, -0.25) is 9.59 Å². The molecule has 0 unspecified atom stereocenters. The Bertz CT molecular complexity index is 1210. The molecule has 0 spiro atoms. The van der Waals surface area contributed by atoms with Crippen LogP contribution in [0.3, 0.4) is 0 Å². The Kier molecular flexibility index (Phi) is 6.47. The molecule has 1 aromatic carbocycles. The number of rotatable bonds is 6. The van der Waals surface area contributed by atoms with Crippen molar-refractivity contribution < 1.29 is 23.6 Å². The molecule has 1 aliphatic carbocycles. The van der Waals surface area contributed by atoms with Gasteiger partial charge in [0.25, 0.3) is 5.91 Å². The maximum Gasteiger partial charge on any atom is 0.350 e. The van der Waals surface area contributed by atoms with Crippen molar-refractivity contribution in [3.63, 3.8) is 0 Å². The number of nitrogens with zero attached hydrogens (tertiary/aromatic N) is 3. The Labute approximate surface area is 200 Å². The van der Waals surface area contributed by atoms with E-state index in [-0.39, 0.29) is 23.8 Å². The van der Waals surface area contributed by atoms with E-state index < -0.39 is 11.6 Å². The number of carbonyl (C=O) groups is 3. The fourth-order valence-electron chi connectivity index (χ4n) is 3.49. The normalized spacial score (nSPS) is 17.5. The predicted octanol–water partition coefficient (Wildman–Crippen LogP) is 3.60. The molecule has 1 aliphatic rings. The number of ether oxygens (including phenoxy) is 1. The number of esters is 1. The summed E-state index contributed by atoms with van der Waals surface area (Å²) in [7, 11) is 0. The summed E-state index contributed by atoms with van der Waals surface area (Å²) in [6, 6.07) is 6.83. The molecule has 3 aromatic rings. The largest absolute Gasteiger partial charge is 0.456 e. The van der Waals surface area contributed by atoms with Gasteiger partial charge in [-0.1, -0.05) is 28.6 Å². The molecule has 0 radical (unpaired) electrons. The third kappa shape index (κ3) is 5.48. The van der Waals surface area contributed by atoms with Crippen molar-refractivity contribution in [2.24, 2.45) is 5.92 Å². The van der Waals surface area contributed by atoms with E-state index in [4.69, 9.17) is 9.26 Å². The van der Waals surface area contributed by atoms with Crippen LogP contribution in [0.25, 0.3) is 11.4 Å². The zero-order valence-electron chi connectivity index (χ0n) is 19.2. The number of nitrogens with one attached hydrogen (secondary N) is 2. The van der Waals surface area contributed by atoms with E-state index in [1.54, 1.807) is 52.0 Å². The summed E-state index contributed by atoms with van der Waals surface area (Å²) in [6.45, 7) is 7.08. The molecule has 10 nitrogen and oxygen atoms in total. The highest BCUT2D eigenvalue weighted by Gasteiger charge is 2.36. The molecule has 2 N–H and O–H groups in total. The van der Waals surface area contributed by atoms with Gasteiger partial charge in [-0.05, 0) is 52.7 Å². The lowest BCUT2D eigenvalue weighted by atomic mass is 9.79. The second-order valence-electron chi connectivity index (χ2n) is 9.10. The first-order chi connectivity index (χ1) is 16.1. The van der Waals surface area contributed by atoms with Crippen LogP contribution in [0.2, 0.25) is 0 Å². The van der Waals surface area contributed by atoms with E-state index in [1.165, 1.54) is 6.39 Å². The van der Waals surface area contributed by atoms with Crippen molar-refractivity contribution >= 4 is 34.3 Å². The van der Waals surface area contributed by atoms with E-state index in [0.29, 0.717) is 45.5 Å². The van der Waals surface area contributed by atoms with Crippen LogP contribution in [0.5, 0.6) is 0 Å². The van der Waals surface area contributed by atoms with Gasteiger partial charge in [0.15, 0.2) is 5.13 Å². The number of hydrogen-bond acceptors (Lipinski definition) is 9. The number of anilines is 1. The molecule has 11 heteroatoms. The SMILES string of the molecule is Cc1nc(NC(=O)C2CC(NC(=O)c3cccc(-c4ncon4)c3)C2)sc1C(=O)OC(C)(C)C. The van der Waals surface area contributed by atoms with E-state index >= 15 is 0 Å². The molecule has 4 rings (SSSR count). The molecule has 2 heterocycles. The number of hydrogen-bond donors (Lipinski definition) is 2.